The summed E-state index contributed by atoms with van der Waals surface area (Å²) in [7, 11) is 0. The van der Waals surface area contributed by atoms with E-state index in [1.165, 1.54) is 44.1 Å². The van der Waals surface area contributed by atoms with E-state index in [9.17, 15) is 4.79 Å². The number of hydrogen-bond acceptors (Lipinski definition) is 1. The summed E-state index contributed by atoms with van der Waals surface area (Å²) in [5.74, 6) is 0.981. The Bertz CT molecular complexity index is 255. The largest absolute Gasteiger partial charge is 0.295 e. The normalized spacial score (nSPS) is 19.3. The zero-order valence-corrected chi connectivity index (χ0v) is 13.1. The molecule has 0 amide bonds. The van der Waals surface area contributed by atoms with Crippen LogP contribution >= 0.6 is 0 Å². The summed E-state index contributed by atoms with van der Waals surface area (Å²) in [6, 6.07) is 0. The summed E-state index contributed by atoms with van der Waals surface area (Å²) in [4.78, 5) is 11.4. The van der Waals surface area contributed by atoms with Crippen LogP contribution in [0.15, 0.2) is 11.1 Å². The molecule has 0 aliphatic heterocycles. The molecule has 0 aromatic heterocycles. The average molecular weight is 252 g/mol. The number of carbonyl (C=O) groups is 1. The van der Waals surface area contributed by atoms with Gasteiger partial charge in [-0.1, -0.05) is 58.4 Å². The summed E-state index contributed by atoms with van der Waals surface area (Å²) < 4.78 is 0. The van der Waals surface area contributed by atoms with E-state index in [-0.39, 0.29) is 0 Å². The third-order valence-electron chi connectivity index (χ3n) is 3.57. The second-order valence-electron chi connectivity index (χ2n) is 5.81. The fourth-order valence-electron chi connectivity index (χ4n) is 2.28. The zero-order valence-electron chi connectivity index (χ0n) is 13.1. The van der Waals surface area contributed by atoms with Gasteiger partial charge in [0.1, 0.15) is 0 Å². The molecule has 106 valence electrons. The second-order valence-corrected chi connectivity index (χ2v) is 5.81. The number of Topliss-reactive ketones (excluding diaryl/α,β-unsaturated/α-hetero) is 1. The van der Waals surface area contributed by atoms with Crippen molar-refractivity contribution in [1.29, 1.82) is 0 Å². The van der Waals surface area contributed by atoms with Gasteiger partial charge in [-0.2, -0.15) is 0 Å². The lowest BCUT2D eigenvalue weighted by Crippen LogP contribution is -2.16. The Morgan fingerprint density at radius 2 is 1.67 bits per heavy atom. The molecule has 0 aromatic rings. The van der Waals surface area contributed by atoms with Crippen LogP contribution in [0.25, 0.3) is 0 Å². The lowest BCUT2D eigenvalue weighted by Gasteiger charge is -2.19. The lowest BCUT2D eigenvalue weighted by molar-refractivity contribution is -0.117. The van der Waals surface area contributed by atoms with Gasteiger partial charge in [0.2, 0.25) is 0 Å². The van der Waals surface area contributed by atoms with Crippen LogP contribution in [0, 0.1) is 5.92 Å². The van der Waals surface area contributed by atoms with Gasteiger partial charge in [0.15, 0.2) is 5.78 Å². The molecule has 1 aliphatic carbocycles. The average Bonchev–Trinajstić information content (AvgIpc) is 2.30. The Hall–Kier alpha value is -0.590. The van der Waals surface area contributed by atoms with Crippen molar-refractivity contribution in [2.24, 2.45) is 5.92 Å². The lowest BCUT2D eigenvalue weighted by atomic mass is 9.84. The maximum Gasteiger partial charge on any atom is 0.159 e. The fraction of sp³-hybridized carbons (Fsp3) is 0.824. The highest BCUT2D eigenvalue weighted by Gasteiger charge is 2.20. The van der Waals surface area contributed by atoms with Crippen LogP contribution in [0.1, 0.15) is 86.0 Å². The fourth-order valence-corrected chi connectivity index (χ4v) is 2.28. The molecule has 0 spiro atoms. The molecule has 0 saturated heterocycles. The zero-order chi connectivity index (χ0) is 14.0. The first kappa shape index (κ1) is 17.4. The third kappa shape index (κ3) is 7.68. The Balaban J connectivity index is 0.000000360. The van der Waals surface area contributed by atoms with Gasteiger partial charge in [-0.25, -0.2) is 0 Å². The molecule has 0 aromatic carbocycles. The van der Waals surface area contributed by atoms with Gasteiger partial charge < -0.3 is 0 Å². The summed E-state index contributed by atoms with van der Waals surface area (Å²) in [5, 5.41) is 0. The molecule has 0 unspecified atom stereocenters. The van der Waals surface area contributed by atoms with Gasteiger partial charge in [-0.3, -0.25) is 4.79 Å². The van der Waals surface area contributed by atoms with Crippen LogP contribution in [-0.2, 0) is 4.79 Å². The summed E-state index contributed by atoms with van der Waals surface area (Å²) in [6.45, 7) is 10.7. The predicted octanol–water partition coefficient (Wildman–Crippen LogP) is 5.69. The Morgan fingerprint density at radius 3 is 2.06 bits per heavy atom. The van der Waals surface area contributed by atoms with Crippen LogP contribution in [0.4, 0.5) is 0 Å². The number of carbonyl (C=O) groups excluding carboxylic acids is 1. The number of hydrogen-bond donors (Lipinski definition) is 0. The Labute approximate surface area is 114 Å². The van der Waals surface area contributed by atoms with E-state index in [1.807, 2.05) is 13.8 Å². The molecule has 0 heterocycles. The van der Waals surface area contributed by atoms with Gasteiger partial charge >= 0.3 is 0 Å². The van der Waals surface area contributed by atoms with Crippen molar-refractivity contribution < 1.29 is 4.79 Å². The summed E-state index contributed by atoms with van der Waals surface area (Å²) in [5.41, 5.74) is 2.30. The number of allylic oxidation sites excluding steroid dienone is 2. The van der Waals surface area contributed by atoms with Gasteiger partial charge in [-0.15, -0.1) is 0 Å². The van der Waals surface area contributed by atoms with Crippen molar-refractivity contribution in [3.8, 4) is 0 Å². The molecular formula is C17H32O. The second kappa shape index (κ2) is 10.3. The quantitative estimate of drug-likeness (QED) is 0.464. The minimum absolute atomic E-state index is 0.378. The molecule has 0 bridgehead atoms. The smallest absolute Gasteiger partial charge is 0.159 e. The Morgan fingerprint density at radius 1 is 1.11 bits per heavy atom. The first-order valence-electron chi connectivity index (χ1n) is 7.72. The van der Waals surface area contributed by atoms with Crippen LogP contribution in [0.5, 0.6) is 0 Å². The van der Waals surface area contributed by atoms with Gasteiger partial charge in [-0.05, 0) is 38.2 Å². The van der Waals surface area contributed by atoms with Gasteiger partial charge in [0.05, 0.1) is 0 Å². The molecule has 1 rings (SSSR count). The molecular weight excluding hydrogens is 220 g/mol. The van der Waals surface area contributed by atoms with Crippen molar-refractivity contribution in [2.45, 2.75) is 86.0 Å². The van der Waals surface area contributed by atoms with Crippen molar-refractivity contribution in [2.75, 3.05) is 0 Å². The number of ketones is 1. The van der Waals surface area contributed by atoms with E-state index < -0.39 is 0 Å². The molecule has 1 atom stereocenters. The summed E-state index contributed by atoms with van der Waals surface area (Å²) in [6.07, 6.45) is 9.96. The summed E-state index contributed by atoms with van der Waals surface area (Å²) >= 11 is 0. The topological polar surface area (TPSA) is 17.1 Å². The predicted molar refractivity (Wildman–Crippen MR) is 80.8 cm³/mol. The van der Waals surface area contributed by atoms with E-state index >= 15 is 0 Å². The van der Waals surface area contributed by atoms with Crippen LogP contribution in [-0.4, -0.2) is 5.78 Å². The van der Waals surface area contributed by atoms with E-state index in [1.54, 1.807) is 0 Å². The van der Waals surface area contributed by atoms with Crippen molar-refractivity contribution in [3.63, 3.8) is 0 Å². The van der Waals surface area contributed by atoms with Crippen molar-refractivity contribution in [3.05, 3.63) is 11.1 Å². The first-order chi connectivity index (χ1) is 8.52. The molecule has 1 heteroatoms. The van der Waals surface area contributed by atoms with Gasteiger partial charge in [0.25, 0.3) is 0 Å². The maximum atomic E-state index is 11.4. The molecule has 1 fully saturated rings. The third-order valence-corrected chi connectivity index (χ3v) is 3.57. The molecule has 1 nitrogen and oxygen atoms in total. The molecule has 0 N–H and O–H groups in total. The molecule has 18 heavy (non-hydrogen) atoms. The van der Waals surface area contributed by atoms with Crippen LogP contribution in [0.2, 0.25) is 0 Å². The first-order valence-corrected chi connectivity index (χ1v) is 7.72. The van der Waals surface area contributed by atoms with E-state index in [0.29, 0.717) is 11.7 Å². The van der Waals surface area contributed by atoms with Crippen molar-refractivity contribution in [1.82, 2.24) is 0 Å². The van der Waals surface area contributed by atoms with E-state index in [4.69, 9.17) is 0 Å². The molecule has 0 radical (unpaired) electrons. The highest BCUT2D eigenvalue weighted by atomic mass is 16.1. The number of rotatable bonds is 4. The minimum atomic E-state index is 0.378. The van der Waals surface area contributed by atoms with Gasteiger partial charge in [0, 0.05) is 6.42 Å². The standard InChI is InChI=1S/C10H16O.C7H16/c1-7(2)9-5-4-8(3)6-10(9)11;1-3-5-7-6-4-2/h8H,4-6H2,1-3H3;3-7H2,1-2H3/t8-;/m1./s1. The van der Waals surface area contributed by atoms with E-state index in [0.717, 1.165) is 18.4 Å². The highest BCUT2D eigenvalue weighted by molar-refractivity contribution is 5.96. The maximum absolute atomic E-state index is 11.4. The Kier molecular flexibility index (Phi) is 10.0. The molecule has 1 aliphatic rings. The van der Waals surface area contributed by atoms with E-state index in [2.05, 4.69) is 20.8 Å². The highest BCUT2D eigenvalue weighted by Crippen LogP contribution is 2.26. The monoisotopic (exact) mass is 252 g/mol. The number of unbranched alkanes of at least 4 members (excludes halogenated alkanes) is 4. The minimum Gasteiger partial charge on any atom is -0.295 e. The van der Waals surface area contributed by atoms with Crippen molar-refractivity contribution >= 4 is 5.78 Å². The molecule has 1 saturated carbocycles. The SMILES string of the molecule is CC(C)=C1CC[C@@H](C)CC1=O.CCCCCCC. The van der Waals surface area contributed by atoms with Crippen LogP contribution < -0.4 is 0 Å². The van der Waals surface area contributed by atoms with Crippen LogP contribution in [0.3, 0.4) is 0 Å².